The number of carbonyl (C=O) groups is 1. The van der Waals surface area contributed by atoms with Crippen molar-refractivity contribution in [1.29, 1.82) is 0 Å². The molecule has 16 heavy (non-hydrogen) atoms. The van der Waals surface area contributed by atoms with Crippen molar-refractivity contribution in [3.8, 4) is 11.5 Å². The minimum atomic E-state index is 0.554. The van der Waals surface area contributed by atoms with Crippen LogP contribution in [0, 0.1) is 5.92 Å². The molecule has 1 aliphatic rings. The van der Waals surface area contributed by atoms with E-state index in [1.807, 2.05) is 6.07 Å². The van der Waals surface area contributed by atoms with E-state index in [2.05, 4.69) is 0 Å². The number of rotatable bonds is 5. The third kappa shape index (κ3) is 2.35. The molecule has 1 saturated carbocycles. The van der Waals surface area contributed by atoms with Crippen molar-refractivity contribution < 1.29 is 14.3 Å². The van der Waals surface area contributed by atoms with E-state index in [1.165, 1.54) is 19.3 Å². The average Bonchev–Trinajstić information content (AvgIpc) is 2.27. The van der Waals surface area contributed by atoms with Crippen molar-refractivity contribution in [2.45, 2.75) is 19.3 Å². The van der Waals surface area contributed by atoms with E-state index in [1.54, 1.807) is 19.2 Å². The Morgan fingerprint density at radius 2 is 2.25 bits per heavy atom. The first kappa shape index (κ1) is 11.0. The lowest BCUT2D eigenvalue weighted by molar-refractivity contribution is 0.111. The molecule has 1 aliphatic carbocycles. The van der Waals surface area contributed by atoms with Crippen molar-refractivity contribution in [3.63, 3.8) is 0 Å². The standard InChI is InChI=1S/C13H16O3/c1-15-12-5-6-13(11(7-12)8-14)16-9-10-3-2-4-10/h5-8,10H,2-4,9H2,1H3. The van der Waals surface area contributed by atoms with Gasteiger partial charge in [0.2, 0.25) is 0 Å². The van der Waals surface area contributed by atoms with Crippen LogP contribution < -0.4 is 9.47 Å². The Balaban J connectivity index is 2.03. The largest absolute Gasteiger partial charge is 0.497 e. The monoisotopic (exact) mass is 220 g/mol. The van der Waals surface area contributed by atoms with Gasteiger partial charge in [-0.15, -0.1) is 0 Å². The summed E-state index contributed by atoms with van der Waals surface area (Å²) in [6.07, 6.45) is 4.59. The summed E-state index contributed by atoms with van der Waals surface area (Å²) in [7, 11) is 1.58. The summed E-state index contributed by atoms with van der Waals surface area (Å²) in [6, 6.07) is 5.30. The van der Waals surface area contributed by atoms with Crippen molar-refractivity contribution in [2.75, 3.05) is 13.7 Å². The van der Waals surface area contributed by atoms with Crippen LogP contribution in [-0.4, -0.2) is 20.0 Å². The van der Waals surface area contributed by atoms with Crippen LogP contribution in [0.2, 0.25) is 0 Å². The SMILES string of the molecule is COc1ccc(OCC2CCC2)c(C=O)c1. The average molecular weight is 220 g/mol. The molecule has 0 saturated heterocycles. The quantitative estimate of drug-likeness (QED) is 0.716. The molecule has 0 radical (unpaired) electrons. The second kappa shape index (κ2) is 5.01. The zero-order valence-corrected chi connectivity index (χ0v) is 9.44. The smallest absolute Gasteiger partial charge is 0.153 e. The number of hydrogen-bond donors (Lipinski definition) is 0. The van der Waals surface area contributed by atoms with Crippen LogP contribution in [0.1, 0.15) is 29.6 Å². The zero-order valence-electron chi connectivity index (χ0n) is 9.44. The van der Waals surface area contributed by atoms with Gasteiger partial charge in [-0.25, -0.2) is 0 Å². The van der Waals surface area contributed by atoms with Gasteiger partial charge in [0.05, 0.1) is 19.3 Å². The predicted octanol–water partition coefficient (Wildman–Crippen LogP) is 2.69. The van der Waals surface area contributed by atoms with Gasteiger partial charge in [0.15, 0.2) is 6.29 Å². The van der Waals surface area contributed by atoms with Gasteiger partial charge in [-0.2, -0.15) is 0 Å². The van der Waals surface area contributed by atoms with Gasteiger partial charge in [0.1, 0.15) is 11.5 Å². The van der Waals surface area contributed by atoms with Gasteiger partial charge in [-0.1, -0.05) is 6.42 Å². The van der Waals surface area contributed by atoms with E-state index in [0.717, 1.165) is 6.29 Å². The zero-order chi connectivity index (χ0) is 11.4. The van der Waals surface area contributed by atoms with Crippen LogP contribution in [-0.2, 0) is 0 Å². The first-order valence-corrected chi connectivity index (χ1v) is 5.59. The number of methoxy groups -OCH3 is 1. The molecule has 0 aromatic heterocycles. The van der Waals surface area contributed by atoms with E-state index >= 15 is 0 Å². The van der Waals surface area contributed by atoms with Crippen LogP contribution in [0.25, 0.3) is 0 Å². The Bertz CT molecular complexity index is 369. The molecule has 0 spiro atoms. The normalized spacial score (nSPS) is 15.3. The van der Waals surface area contributed by atoms with Crippen molar-refractivity contribution in [3.05, 3.63) is 23.8 Å². The number of benzene rings is 1. The maximum absolute atomic E-state index is 10.9. The molecule has 3 nitrogen and oxygen atoms in total. The van der Waals surface area contributed by atoms with Crippen LogP contribution >= 0.6 is 0 Å². The van der Waals surface area contributed by atoms with Gasteiger partial charge in [-0.05, 0) is 37.0 Å². The lowest BCUT2D eigenvalue weighted by atomic mass is 9.86. The summed E-state index contributed by atoms with van der Waals surface area (Å²) in [5.41, 5.74) is 0.554. The molecule has 1 fully saturated rings. The Labute approximate surface area is 95.4 Å². The van der Waals surface area contributed by atoms with Crippen molar-refractivity contribution in [2.24, 2.45) is 5.92 Å². The number of ether oxygens (including phenoxy) is 2. The molecule has 1 aromatic rings. The third-order valence-corrected chi connectivity index (χ3v) is 3.04. The second-order valence-electron chi connectivity index (χ2n) is 4.13. The molecule has 1 aromatic carbocycles. The lowest BCUT2D eigenvalue weighted by Gasteiger charge is -2.25. The minimum absolute atomic E-state index is 0.554. The van der Waals surface area contributed by atoms with Crippen molar-refractivity contribution >= 4 is 6.29 Å². The molecular formula is C13H16O3. The highest BCUT2D eigenvalue weighted by Gasteiger charge is 2.18. The molecule has 0 aliphatic heterocycles. The van der Waals surface area contributed by atoms with Crippen LogP contribution in [0.4, 0.5) is 0 Å². The highest BCUT2D eigenvalue weighted by Crippen LogP contribution is 2.28. The first-order valence-electron chi connectivity index (χ1n) is 5.59. The maximum Gasteiger partial charge on any atom is 0.153 e. The molecule has 2 rings (SSSR count). The van der Waals surface area contributed by atoms with E-state index in [4.69, 9.17) is 9.47 Å². The van der Waals surface area contributed by atoms with Crippen LogP contribution in [0.15, 0.2) is 18.2 Å². The topological polar surface area (TPSA) is 35.5 Å². The summed E-state index contributed by atoms with van der Waals surface area (Å²) in [6.45, 7) is 0.715. The Hall–Kier alpha value is -1.51. The molecule has 0 amide bonds. The summed E-state index contributed by atoms with van der Waals surface area (Å²) in [5.74, 6) is 2.00. The first-order chi connectivity index (χ1) is 7.83. The van der Waals surface area contributed by atoms with Crippen molar-refractivity contribution in [1.82, 2.24) is 0 Å². The predicted molar refractivity (Wildman–Crippen MR) is 61.2 cm³/mol. The summed E-state index contributed by atoms with van der Waals surface area (Å²) in [5, 5.41) is 0. The Morgan fingerprint density at radius 3 is 2.81 bits per heavy atom. The molecule has 0 bridgehead atoms. The third-order valence-electron chi connectivity index (χ3n) is 3.04. The van der Waals surface area contributed by atoms with E-state index < -0.39 is 0 Å². The molecule has 3 heteroatoms. The van der Waals surface area contributed by atoms with Gasteiger partial charge >= 0.3 is 0 Å². The summed E-state index contributed by atoms with van der Waals surface area (Å²) >= 11 is 0. The van der Waals surface area contributed by atoms with Crippen LogP contribution in [0.3, 0.4) is 0 Å². The molecule has 0 unspecified atom stereocenters. The Morgan fingerprint density at radius 1 is 1.44 bits per heavy atom. The lowest BCUT2D eigenvalue weighted by Crippen LogP contribution is -2.19. The van der Waals surface area contributed by atoms with Gasteiger partial charge in [0.25, 0.3) is 0 Å². The molecular weight excluding hydrogens is 204 g/mol. The molecule has 0 heterocycles. The molecule has 0 N–H and O–H groups in total. The maximum atomic E-state index is 10.9. The second-order valence-corrected chi connectivity index (χ2v) is 4.13. The number of carbonyl (C=O) groups excluding carboxylic acids is 1. The van der Waals surface area contributed by atoms with E-state index in [-0.39, 0.29) is 0 Å². The summed E-state index contributed by atoms with van der Waals surface area (Å²) < 4.78 is 10.7. The summed E-state index contributed by atoms with van der Waals surface area (Å²) in [4.78, 5) is 10.9. The van der Waals surface area contributed by atoms with E-state index in [0.29, 0.717) is 29.6 Å². The molecule has 86 valence electrons. The van der Waals surface area contributed by atoms with Gasteiger partial charge in [-0.3, -0.25) is 4.79 Å². The fourth-order valence-electron chi connectivity index (χ4n) is 1.74. The number of hydrogen-bond acceptors (Lipinski definition) is 3. The highest BCUT2D eigenvalue weighted by atomic mass is 16.5. The fraction of sp³-hybridized carbons (Fsp3) is 0.462. The van der Waals surface area contributed by atoms with Crippen LogP contribution in [0.5, 0.6) is 11.5 Å². The minimum Gasteiger partial charge on any atom is -0.497 e. The fourth-order valence-corrected chi connectivity index (χ4v) is 1.74. The highest BCUT2D eigenvalue weighted by molar-refractivity contribution is 5.80. The van der Waals surface area contributed by atoms with E-state index in [9.17, 15) is 4.79 Å². The van der Waals surface area contributed by atoms with Gasteiger partial charge < -0.3 is 9.47 Å². The Kier molecular flexibility index (Phi) is 3.44. The van der Waals surface area contributed by atoms with Gasteiger partial charge in [0, 0.05) is 0 Å². The number of aldehydes is 1. The molecule has 0 atom stereocenters.